The van der Waals surface area contributed by atoms with Gasteiger partial charge < -0.3 is 39.4 Å². The van der Waals surface area contributed by atoms with Gasteiger partial charge in [-0.3, -0.25) is 9.59 Å². The Bertz CT molecular complexity index is 644. The van der Waals surface area contributed by atoms with Gasteiger partial charge in [-0.15, -0.1) is 0 Å². The van der Waals surface area contributed by atoms with Crippen LogP contribution in [0, 0.1) is 0 Å². The van der Waals surface area contributed by atoms with Crippen LogP contribution in [0.5, 0.6) is 0 Å². The molecule has 6 atom stereocenters. The topological polar surface area (TPSA) is 152 Å². The van der Waals surface area contributed by atoms with Crippen molar-refractivity contribution in [3.63, 3.8) is 0 Å². The van der Waals surface area contributed by atoms with Crippen LogP contribution in [-0.2, 0) is 28.5 Å². The van der Waals surface area contributed by atoms with Crippen molar-refractivity contribution >= 4 is 11.9 Å². The molecule has 0 aromatic rings. The lowest BCUT2D eigenvalue weighted by Crippen LogP contribution is -2.59. The van der Waals surface area contributed by atoms with Crippen molar-refractivity contribution in [1.29, 1.82) is 0 Å². The lowest BCUT2D eigenvalue weighted by molar-refractivity contribution is -0.305. The molecular formula is C30H56O10. The second-order valence-corrected chi connectivity index (χ2v) is 10.9. The molecule has 10 nitrogen and oxygen atoms in total. The summed E-state index contributed by atoms with van der Waals surface area (Å²) in [7, 11) is 0. The summed E-state index contributed by atoms with van der Waals surface area (Å²) in [5.74, 6) is -0.819. The van der Waals surface area contributed by atoms with Crippen LogP contribution in [0.1, 0.15) is 123 Å². The number of carbonyl (C=O) groups is 2. The zero-order chi connectivity index (χ0) is 29.6. The standard InChI is InChI=1S/C30H56O10/c1-3-5-7-9-11-12-13-15-17-19-26(33)39-23(21-37-25(32)18-16-14-10-8-6-4-2)22-38-30-29(36)28(35)27(34)24(20-31)40-30/h23-24,27-31,34-36H,3-22H2,1-2H3/t23-,24-,27+,28+,29-,30-/m1/s1. The molecule has 0 amide bonds. The Kier molecular flexibility index (Phi) is 21.4. The SMILES string of the molecule is CCCCCCCCCCCC(=O)O[C@H](COC(=O)CCCCCCCC)CO[C@@H]1O[C@H](CO)[C@H](O)[C@H](O)[C@H]1O. The van der Waals surface area contributed by atoms with Crippen LogP contribution in [0.2, 0.25) is 0 Å². The van der Waals surface area contributed by atoms with Gasteiger partial charge in [0.05, 0.1) is 13.2 Å². The Hall–Kier alpha value is -1.30. The summed E-state index contributed by atoms with van der Waals surface area (Å²) in [4.78, 5) is 24.7. The quantitative estimate of drug-likeness (QED) is 0.0982. The second-order valence-electron chi connectivity index (χ2n) is 10.9. The minimum Gasteiger partial charge on any atom is -0.462 e. The van der Waals surface area contributed by atoms with Gasteiger partial charge in [0.1, 0.15) is 31.0 Å². The number of aliphatic hydroxyl groups excluding tert-OH is 4. The maximum atomic E-state index is 12.5. The summed E-state index contributed by atoms with van der Waals surface area (Å²) in [5.41, 5.74) is 0. The van der Waals surface area contributed by atoms with Crippen molar-refractivity contribution < 1.29 is 49.0 Å². The Balaban J connectivity index is 2.50. The van der Waals surface area contributed by atoms with E-state index in [-0.39, 0.29) is 32.0 Å². The second kappa shape index (κ2) is 23.3. The van der Waals surface area contributed by atoms with Crippen LogP contribution >= 0.6 is 0 Å². The molecule has 0 unspecified atom stereocenters. The maximum Gasteiger partial charge on any atom is 0.306 e. The van der Waals surface area contributed by atoms with E-state index < -0.39 is 49.4 Å². The van der Waals surface area contributed by atoms with Gasteiger partial charge in [-0.25, -0.2) is 0 Å². The van der Waals surface area contributed by atoms with Crippen LogP contribution in [0.15, 0.2) is 0 Å². The highest BCUT2D eigenvalue weighted by atomic mass is 16.7. The van der Waals surface area contributed by atoms with E-state index >= 15 is 0 Å². The van der Waals surface area contributed by atoms with E-state index in [0.29, 0.717) is 6.42 Å². The van der Waals surface area contributed by atoms with Crippen LogP contribution in [0.25, 0.3) is 0 Å². The molecule has 0 radical (unpaired) electrons. The third kappa shape index (κ3) is 16.2. The first-order chi connectivity index (χ1) is 19.3. The predicted molar refractivity (Wildman–Crippen MR) is 150 cm³/mol. The highest BCUT2D eigenvalue weighted by Gasteiger charge is 2.44. The zero-order valence-corrected chi connectivity index (χ0v) is 24.8. The van der Waals surface area contributed by atoms with Crippen molar-refractivity contribution in [3.05, 3.63) is 0 Å². The van der Waals surface area contributed by atoms with E-state index in [9.17, 15) is 30.0 Å². The first kappa shape index (κ1) is 36.7. The summed E-state index contributed by atoms with van der Waals surface area (Å²) in [6.45, 7) is 3.29. The molecular weight excluding hydrogens is 520 g/mol. The average Bonchev–Trinajstić information content (AvgIpc) is 2.95. The Morgan fingerprint density at radius 3 is 1.70 bits per heavy atom. The number of unbranched alkanes of at least 4 members (excludes halogenated alkanes) is 13. The molecule has 40 heavy (non-hydrogen) atoms. The summed E-state index contributed by atoms with van der Waals surface area (Å²) in [6, 6.07) is 0. The summed E-state index contributed by atoms with van der Waals surface area (Å²) >= 11 is 0. The Morgan fingerprint density at radius 1 is 0.675 bits per heavy atom. The fraction of sp³-hybridized carbons (Fsp3) is 0.933. The highest BCUT2D eigenvalue weighted by Crippen LogP contribution is 2.22. The van der Waals surface area contributed by atoms with E-state index in [1.165, 1.54) is 38.5 Å². The minimum atomic E-state index is -1.58. The van der Waals surface area contributed by atoms with Crippen molar-refractivity contribution in [1.82, 2.24) is 0 Å². The van der Waals surface area contributed by atoms with Crippen molar-refractivity contribution in [2.75, 3.05) is 19.8 Å². The molecule has 1 aliphatic rings. The van der Waals surface area contributed by atoms with Crippen LogP contribution in [0.3, 0.4) is 0 Å². The first-order valence-electron chi connectivity index (χ1n) is 15.6. The van der Waals surface area contributed by atoms with E-state index in [1.807, 2.05) is 0 Å². The average molecular weight is 577 g/mol. The lowest BCUT2D eigenvalue weighted by atomic mass is 9.99. The van der Waals surface area contributed by atoms with Gasteiger partial charge in [-0.2, -0.15) is 0 Å². The van der Waals surface area contributed by atoms with Gasteiger partial charge in [0, 0.05) is 12.8 Å². The van der Waals surface area contributed by atoms with E-state index in [1.54, 1.807) is 0 Å². The number of esters is 2. The molecule has 0 aromatic carbocycles. The predicted octanol–water partition coefficient (Wildman–Crippen LogP) is 3.93. The van der Waals surface area contributed by atoms with E-state index in [0.717, 1.165) is 51.4 Å². The lowest BCUT2D eigenvalue weighted by Gasteiger charge is -2.39. The number of hydrogen-bond acceptors (Lipinski definition) is 10. The molecule has 1 fully saturated rings. The van der Waals surface area contributed by atoms with Gasteiger partial charge in [0.15, 0.2) is 12.4 Å². The summed E-state index contributed by atoms with van der Waals surface area (Å²) < 4.78 is 21.8. The van der Waals surface area contributed by atoms with Crippen LogP contribution < -0.4 is 0 Å². The smallest absolute Gasteiger partial charge is 0.306 e. The van der Waals surface area contributed by atoms with Gasteiger partial charge in [-0.05, 0) is 12.8 Å². The van der Waals surface area contributed by atoms with Crippen LogP contribution in [0.4, 0.5) is 0 Å². The van der Waals surface area contributed by atoms with E-state index in [4.69, 9.17) is 18.9 Å². The monoisotopic (exact) mass is 576 g/mol. The number of carbonyl (C=O) groups excluding carboxylic acids is 2. The fourth-order valence-corrected chi connectivity index (χ4v) is 4.66. The van der Waals surface area contributed by atoms with Crippen molar-refractivity contribution in [3.8, 4) is 0 Å². The molecule has 0 saturated carbocycles. The number of ether oxygens (including phenoxy) is 4. The highest BCUT2D eigenvalue weighted by molar-refractivity contribution is 5.70. The fourth-order valence-electron chi connectivity index (χ4n) is 4.66. The Morgan fingerprint density at radius 2 is 1.18 bits per heavy atom. The molecule has 0 aliphatic carbocycles. The van der Waals surface area contributed by atoms with Gasteiger partial charge in [-0.1, -0.05) is 97.3 Å². The number of rotatable bonds is 24. The zero-order valence-electron chi connectivity index (χ0n) is 24.8. The van der Waals surface area contributed by atoms with Gasteiger partial charge in [0.25, 0.3) is 0 Å². The third-order valence-electron chi connectivity index (χ3n) is 7.24. The summed E-state index contributed by atoms with van der Waals surface area (Å²) in [6.07, 6.45) is 8.78. The number of aliphatic hydroxyl groups is 4. The molecule has 0 bridgehead atoms. The summed E-state index contributed by atoms with van der Waals surface area (Å²) in [5, 5.41) is 39.5. The molecule has 0 spiro atoms. The van der Waals surface area contributed by atoms with Gasteiger partial charge >= 0.3 is 11.9 Å². The third-order valence-corrected chi connectivity index (χ3v) is 7.24. The molecule has 1 aliphatic heterocycles. The van der Waals surface area contributed by atoms with Gasteiger partial charge in [0.2, 0.25) is 0 Å². The van der Waals surface area contributed by atoms with E-state index in [2.05, 4.69) is 13.8 Å². The van der Waals surface area contributed by atoms with Crippen molar-refractivity contribution in [2.24, 2.45) is 0 Å². The maximum absolute atomic E-state index is 12.5. The molecule has 10 heteroatoms. The molecule has 0 aromatic heterocycles. The molecule has 1 rings (SSSR count). The minimum absolute atomic E-state index is 0.213. The number of hydrogen-bond donors (Lipinski definition) is 4. The molecule has 1 heterocycles. The normalized spacial score (nSPS) is 23.6. The molecule has 4 N–H and O–H groups in total. The van der Waals surface area contributed by atoms with Crippen molar-refractivity contribution in [2.45, 2.75) is 160 Å². The molecule has 1 saturated heterocycles. The Labute approximate surface area is 240 Å². The van der Waals surface area contributed by atoms with Crippen LogP contribution in [-0.4, -0.2) is 89.0 Å². The first-order valence-corrected chi connectivity index (χ1v) is 15.6. The largest absolute Gasteiger partial charge is 0.462 e. The molecule has 236 valence electrons.